The van der Waals surface area contributed by atoms with Crippen LogP contribution in [0.5, 0.6) is 0 Å². The van der Waals surface area contributed by atoms with Crippen molar-refractivity contribution in [2.45, 2.75) is 57.3 Å². The SMILES string of the molecule is CC#CCCC(NC)C1CC2CCC1O2. The number of ether oxygens (including phenoxy) is 1. The third-order valence-electron chi connectivity index (χ3n) is 3.80. The van der Waals surface area contributed by atoms with E-state index in [9.17, 15) is 0 Å². The van der Waals surface area contributed by atoms with E-state index in [1.165, 1.54) is 19.3 Å². The number of hydrogen-bond acceptors (Lipinski definition) is 2. The Kier molecular flexibility index (Phi) is 3.66. The summed E-state index contributed by atoms with van der Waals surface area (Å²) in [5.74, 6) is 6.84. The number of rotatable bonds is 4. The van der Waals surface area contributed by atoms with Crippen LogP contribution in [-0.4, -0.2) is 25.3 Å². The molecule has 1 N–H and O–H groups in total. The van der Waals surface area contributed by atoms with Gasteiger partial charge in [0.1, 0.15) is 0 Å². The Morgan fingerprint density at radius 2 is 2.33 bits per heavy atom. The molecule has 0 saturated carbocycles. The molecule has 2 fully saturated rings. The second kappa shape index (κ2) is 5.01. The molecule has 0 aromatic carbocycles. The van der Waals surface area contributed by atoms with Gasteiger partial charge < -0.3 is 10.1 Å². The Morgan fingerprint density at radius 3 is 2.87 bits per heavy atom. The van der Waals surface area contributed by atoms with E-state index in [-0.39, 0.29) is 0 Å². The summed E-state index contributed by atoms with van der Waals surface area (Å²) in [5.41, 5.74) is 0. The normalized spacial score (nSPS) is 34.9. The average molecular weight is 207 g/mol. The minimum absolute atomic E-state index is 0.530. The zero-order valence-electron chi connectivity index (χ0n) is 9.75. The lowest BCUT2D eigenvalue weighted by atomic mass is 9.82. The highest BCUT2D eigenvalue weighted by Crippen LogP contribution is 2.41. The first kappa shape index (κ1) is 11.0. The van der Waals surface area contributed by atoms with Crippen LogP contribution in [0.25, 0.3) is 0 Å². The molecule has 4 atom stereocenters. The fraction of sp³-hybridized carbons (Fsp3) is 0.846. The van der Waals surface area contributed by atoms with Gasteiger partial charge in [-0.15, -0.1) is 11.8 Å². The van der Waals surface area contributed by atoms with Crippen molar-refractivity contribution in [1.82, 2.24) is 5.32 Å². The third kappa shape index (κ3) is 2.35. The van der Waals surface area contributed by atoms with Gasteiger partial charge in [0.05, 0.1) is 12.2 Å². The molecule has 0 amide bonds. The van der Waals surface area contributed by atoms with Crippen LogP contribution in [-0.2, 0) is 4.74 Å². The maximum atomic E-state index is 5.90. The molecule has 4 unspecified atom stereocenters. The first-order valence-corrected chi connectivity index (χ1v) is 6.07. The van der Waals surface area contributed by atoms with Crippen molar-refractivity contribution < 1.29 is 4.74 Å². The highest BCUT2D eigenvalue weighted by Gasteiger charge is 2.43. The van der Waals surface area contributed by atoms with Crippen LogP contribution in [0.1, 0.15) is 39.0 Å². The molecule has 2 rings (SSSR count). The summed E-state index contributed by atoms with van der Waals surface area (Å²) in [6.45, 7) is 1.91. The van der Waals surface area contributed by atoms with Crippen molar-refractivity contribution in [3.63, 3.8) is 0 Å². The van der Waals surface area contributed by atoms with Crippen molar-refractivity contribution in [2.24, 2.45) is 5.92 Å². The van der Waals surface area contributed by atoms with E-state index in [4.69, 9.17) is 4.74 Å². The summed E-state index contributed by atoms with van der Waals surface area (Å²) < 4.78 is 5.90. The predicted molar refractivity (Wildman–Crippen MR) is 61.5 cm³/mol. The summed E-state index contributed by atoms with van der Waals surface area (Å²) in [6, 6.07) is 0.598. The molecule has 2 heterocycles. The van der Waals surface area contributed by atoms with Crippen LogP contribution in [0, 0.1) is 17.8 Å². The molecule has 84 valence electrons. The second-order valence-corrected chi connectivity index (χ2v) is 4.63. The Bertz CT molecular complexity index is 265. The molecule has 2 nitrogen and oxygen atoms in total. The summed E-state index contributed by atoms with van der Waals surface area (Å²) in [7, 11) is 2.07. The van der Waals surface area contributed by atoms with E-state index in [2.05, 4.69) is 24.2 Å². The number of nitrogens with one attached hydrogen (secondary N) is 1. The highest BCUT2D eigenvalue weighted by atomic mass is 16.5. The molecule has 2 aliphatic heterocycles. The topological polar surface area (TPSA) is 21.3 Å². The summed E-state index contributed by atoms with van der Waals surface area (Å²) in [5, 5.41) is 3.44. The van der Waals surface area contributed by atoms with Crippen LogP contribution in [0.3, 0.4) is 0 Å². The van der Waals surface area contributed by atoms with Gasteiger partial charge >= 0.3 is 0 Å². The van der Waals surface area contributed by atoms with Gasteiger partial charge in [-0.2, -0.15) is 0 Å². The molecule has 15 heavy (non-hydrogen) atoms. The number of fused-ring (bicyclic) bond motifs is 2. The minimum atomic E-state index is 0.530. The van der Waals surface area contributed by atoms with E-state index in [1.54, 1.807) is 0 Å². The van der Waals surface area contributed by atoms with Gasteiger partial charge in [-0.05, 0) is 39.7 Å². The lowest BCUT2D eigenvalue weighted by molar-refractivity contribution is 0.0857. The summed E-state index contributed by atoms with van der Waals surface area (Å²) in [4.78, 5) is 0. The standard InChI is InChI=1S/C13H21NO/c1-3-4-5-6-12(14-2)11-9-10-7-8-13(11)15-10/h10-14H,5-9H2,1-2H3. The van der Waals surface area contributed by atoms with Gasteiger partial charge in [-0.3, -0.25) is 0 Å². The maximum absolute atomic E-state index is 5.90. The molecular weight excluding hydrogens is 186 g/mol. The van der Waals surface area contributed by atoms with Gasteiger partial charge in [0.25, 0.3) is 0 Å². The Hall–Kier alpha value is -0.520. The van der Waals surface area contributed by atoms with Crippen molar-refractivity contribution in [3.05, 3.63) is 0 Å². The van der Waals surface area contributed by atoms with Crippen LogP contribution in [0.2, 0.25) is 0 Å². The van der Waals surface area contributed by atoms with Gasteiger partial charge in [0.2, 0.25) is 0 Å². The molecule has 0 aromatic heterocycles. The number of hydrogen-bond donors (Lipinski definition) is 1. The molecule has 2 bridgehead atoms. The Labute approximate surface area is 92.8 Å². The van der Waals surface area contributed by atoms with Crippen LogP contribution >= 0.6 is 0 Å². The summed E-state index contributed by atoms with van der Waals surface area (Å²) in [6.07, 6.45) is 7.08. The van der Waals surface area contributed by atoms with Crippen LogP contribution in [0.4, 0.5) is 0 Å². The predicted octanol–water partition coefficient (Wildman–Crippen LogP) is 1.95. The smallest absolute Gasteiger partial charge is 0.0623 e. The Morgan fingerprint density at radius 1 is 1.47 bits per heavy atom. The van der Waals surface area contributed by atoms with Gasteiger partial charge in [0, 0.05) is 18.4 Å². The third-order valence-corrected chi connectivity index (χ3v) is 3.80. The molecule has 2 saturated heterocycles. The maximum Gasteiger partial charge on any atom is 0.0623 e. The van der Waals surface area contributed by atoms with E-state index in [0.29, 0.717) is 18.2 Å². The molecule has 2 heteroatoms. The molecule has 0 radical (unpaired) electrons. The zero-order valence-corrected chi connectivity index (χ0v) is 9.75. The van der Waals surface area contributed by atoms with Crippen LogP contribution in [0.15, 0.2) is 0 Å². The fourth-order valence-corrected chi connectivity index (χ4v) is 3.03. The monoisotopic (exact) mass is 207 g/mol. The van der Waals surface area contributed by atoms with Gasteiger partial charge in [-0.1, -0.05) is 0 Å². The van der Waals surface area contributed by atoms with Gasteiger partial charge in [-0.25, -0.2) is 0 Å². The zero-order chi connectivity index (χ0) is 10.7. The first-order valence-electron chi connectivity index (χ1n) is 6.07. The van der Waals surface area contributed by atoms with E-state index in [0.717, 1.165) is 18.8 Å². The lowest BCUT2D eigenvalue weighted by Gasteiger charge is -2.27. The fourth-order valence-electron chi connectivity index (χ4n) is 3.03. The summed E-state index contributed by atoms with van der Waals surface area (Å²) >= 11 is 0. The van der Waals surface area contributed by atoms with Crippen molar-refractivity contribution >= 4 is 0 Å². The Balaban J connectivity index is 1.85. The van der Waals surface area contributed by atoms with Crippen molar-refractivity contribution in [2.75, 3.05) is 7.05 Å². The molecule has 2 aliphatic rings. The van der Waals surface area contributed by atoms with Crippen LogP contribution < -0.4 is 5.32 Å². The van der Waals surface area contributed by atoms with Crippen molar-refractivity contribution in [3.8, 4) is 11.8 Å². The van der Waals surface area contributed by atoms with E-state index in [1.807, 2.05) is 6.92 Å². The largest absolute Gasteiger partial charge is 0.375 e. The first-order chi connectivity index (χ1) is 7.35. The lowest BCUT2D eigenvalue weighted by Crippen LogP contribution is -2.38. The minimum Gasteiger partial charge on any atom is -0.375 e. The second-order valence-electron chi connectivity index (χ2n) is 4.63. The quantitative estimate of drug-likeness (QED) is 0.711. The molecule has 0 aromatic rings. The molecule has 0 spiro atoms. The van der Waals surface area contributed by atoms with Gasteiger partial charge in [0.15, 0.2) is 0 Å². The average Bonchev–Trinajstić information content (AvgIpc) is 2.86. The highest BCUT2D eigenvalue weighted by molar-refractivity contribution is 4.99. The van der Waals surface area contributed by atoms with Crippen molar-refractivity contribution in [1.29, 1.82) is 0 Å². The van der Waals surface area contributed by atoms with E-state index < -0.39 is 0 Å². The van der Waals surface area contributed by atoms with E-state index >= 15 is 0 Å². The molecule has 0 aliphatic carbocycles. The molecular formula is C13H21NO.